The Morgan fingerprint density at radius 1 is 0.596 bits per heavy atom. The zero-order chi connectivity index (χ0) is 42.5. The van der Waals surface area contributed by atoms with Crippen LogP contribution in [0, 0.1) is 71.0 Å². The summed E-state index contributed by atoms with van der Waals surface area (Å²) in [6.45, 7) is 2.18. The van der Waals surface area contributed by atoms with Gasteiger partial charge in [-0.25, -0.2) is 13.9 Å². The fraction of sp³-hybridized carbons (Fsp3) is 0.641. The molecule has 1 saturated carbocycles. The Labute approximate surface area is 334 Å². The molecule has 5 unspecified atom stereocenters. The highest BCUT2D eigenvalue weighted by Crippen LogP contribution is 2.48. The minimum atomic E-state index is -5.34. The zero-order valence-corrected chi connectivity index (χ0v) is 33.8. The number of carbonyl (C=O) groups is 2. The molecule has 0 radical (unpaired) electrons. The molecule has 1 aliphatic carbocycles. The Morgan fingerprint density at radius 2 is 1.02 bits per heavy atom. The third-order valence-electron chi connectivity index (χ3n) is 8.02. The van der Waals surface area contributed by atoms with Gasteiger partial charge in [-0.05, 0) is 72.5 Å². The smallest absolute Gasteiger partial charge is 0.456 e. The maximum absolute atomic E-state index is 12.8. The van der Waals surface area contributed by atoms with E-state index in [9.17, 15) is 44.0 Å². The van der Waals surface area contributed by atoms with E-state index in [2.05, 4.69) is 82.5 Å². The molecule has 16 nitrogen and oxygen atoms in total. The van der Waals surface area contributed by atoms with Crippen molar-refractivity contribution < 1.29 is 76.9 Å². The number of esters is 2. The minimum absolute atomic E-state index is 0.0240. The SMILES string of the molecule is CC#CC#CC#CC#CC#CC#CC(=O)OC[C@H](COP(=O)(O)OC1C(O)[C@H](O)C(OP(=O)(O)O)C(O)[C@@H]1O)OC(=O)CCCCCCCCCCCCCCC. The summed E-state index contributed by atoms with van der Waals surface area (Å²) in [5.74, 6) is 26.7. The van der Waals surface area contributed by atoms with Crippen LogP contribution in [-0.4, -0.2) is 103 Å². The van der Waals surface area contributed by atoms with E-state index in [-0.39, 0.29) is 6.42 Å². The lowest BCUT2D eigenvalue weighted by Gasteiger charge is -2.43. The highest BCUT2D eigenvalue weighted by Gasteiger charge is 2.54. The number of aliphatic hydroxyl groups is 4. The molecule has 0 spiro atoms. The van der Waals surface area contributed by atoms with E-state index in [1.165, 1.54) is 44.9 Å². The summed E-state index contributed by atoms with van der Waals surface area (Å²) in [5, 5.41) is 41.2. The number of aliphatic hydroxyl groups excluding tert-OH is 4. The van der Waals surface area contributed by atoms with E-state index in [1.807, 2.05) is 0 Å². The van der Waals surface area contributed by atoms with Gasteiger partial charge in [-0.3, -0.25) is 18.4 Å². The van der Waals surface area contributed by atoms with Gasteiger partial charge in [0, 0.05) is 12.3 Å². The number of hydrogen-bond donors (Lipinski definition) is 7. The van der Waals surface area contributed by atoms with Gasteiger partial charge in [0.1, 0.15) is 43.2 Å². The second-order valence-corrected chi connectivity index (χ2v) is 15.3. The maximum Gasteiger partial charge on any atom is 0.472 e. The Balaban J connectivity index is 2.80. The second-order valence-electron chi connectivity index (χ2n) is 12.7. The molecule has 0 aromatic heterocycles. The molecule has 18 heteroatoms. The molecule has 314 valence electrons. The fourth-order valence-electron chi connectivity index (χ4n) is 5.20. The number of ether oxygens (including phenoxy) is 2. The summed E-state index contributed by atoms with van der Waals surface area (Å²) in [6.07, 6.45) is -0.999. The van der Waals surface area contributed by atoms with Crippen LogP contribution in [0.1, 0.15) is 104 Å². The van der Waals surface area contributed by atoms with Gasteiger partial charge in [-0.2, -0.15) is 0 Å². The number of phosphoric ester groups is 2. The Morgan fingerprint density at radius 3 is 1.47 bits per heavy atom. The Hall–Kier alpha value is -3.64. The monoisotopic (exact) mass is 838 g/mol. The zero-order valence-electron chi connectivity index (χ0n) is 32.1. The predicted octanol–water partition coefficient (Wildman–Crippen LogP) is 2.40. The quantitative estimate of drug-likeness (QED) is 0.0242. The van der Waals surface area contributed by atoms with E-state index in [1.54, 1.807) is 6.92 Å². The third kappa shape index (κ3) is 24.7. The van der Waals surface area contributed by atoms with Crippen LogP contribution in [-0.2, 0) is 41.8 Å². The van der Waals surface area contributed by atoms with Gasteiger partial charge in [0.05, 0.1) is 6.61 Å². The molecule has 8 atom stereocenters. The van der Waals surface area contributed by atoms with Gasteiger partial charge in [-0.1, -0.05) is 89.9 Å². The third-order valence-corrected chi connectivity index (χ3v) is 9.52. The summed E-state index contributed by atoms with van der Waals surface area (Å²) in [5.41, 5.74) is 0. The van der Waals surface area contributed by atoms with Crippen LogP contribution in [0.15, 0.2) is 0 Å². The van der Waals surface area contributed by atoms with Gasteiger partial charge < -0.3 is 44.6 Å². The van der Waals surface area contributed by atoms with E-state index in [4.69, 9.17) is 28.3 Å². The molecule has 1 rings (SSSR count). The Bertz CT molecular complexity index is 1720. The van der Waals surface area contributed by atoms with Crippen molar-refractivity contribution in [1.82, 2.24) is 0 Å². The molecule has 1 aliphatic rings. The molecule has 0 aromatic rings. The molecular formula is C39H52O16P2. The van der Waals surface area contributed by atoms with Crippen LogP contribution in [0.25, 0.3) is 0 Å². The molecule has 0 amide bonds. The number of unbranched alkanes of at least 4 members (excludes halogenated alkanes) is 12. The molecule has 0 bridgehead atoms. The molecule has 0 saturated heterocycles. The van der Waals surface area contributed by atoms with Crippen molar-refractivity contribution in [2.75, 3.05) is 13.2 Å². The lowest BCUT2D eigenvalue weighted by atomic mass is 9.85. The molecule has 0 aromatic carbocycles. The van der Waals surface area contributed by atoms with Crippen molar-refractivity contribution in [2.45, 2.75) is 146 Å². The first-order chi connectivity index (χ1) is 27.1. The van der Waals surface area contributed by atoms with Crippen LogP contribution in [0.5, 0.6) is 0 Å². The summed E-state index contributed by atoms with van der Waals surface area (Å²) in [7, 11) is -10.7. The van der Waals surface area contributed by atoms with Gasteiger partial charge in [0.15, 0.2) is 6.10 Å². The average Bonchev–Trinajstić information content (AvgIpc) is 3.16. The van der Waals surface area contributed by atoms with Crippen LogP contribution < -0.4 is 0 Å². The number of rotatable bonds is 24. The lowest BCUT2D eigenvalue weighted by molar-refractivity contribution is -0.216. The van der Waals surface area contributed by atoms with Crippen molar-refractivity contribution in [3.63, 3.8) is 0 Å². The molecular weight excluding hydrogens is 786 g/mol. The summed E-state index contributed by atoms with van der Waals surface area (Å²) < 4.78 is 48.2. The molecule has 7 N–H and O–H groups in total. The highest BCUT2D eigenvalue weighted by molar-refractivity contribution is 7.47. The normalized spacial score (nSPS) is 21.2. The van der Waals surface area contributed by atoms with Crippen molar-refractivity contribution >= 4 is 27.6 Å². The van der Waals surface area contributed by atoms with Crippen molar-refractivity contribution in [3.8, 4) is 71.0 Å². The fourth-order valence-corrected chi connectivity index (χ4v) is 6.74. The maximum atomic E-state index is 12.8. The first-order valence-corrected chi connectivity index (χ1v) is 21.5. The minimum Gasteiger partial charge on any atom is -0.456 e. The van der Waals surface area contributed by atoms with Crippen LogP contribution >= 0.6 is 15.6 Å². The van der Waals surface area contributed by atoms with Crippen LogP contribution in [0.4, 0.5) is 0 Å². The summed E-state index contributed by atoms with van der Waals surface area (Å²) in [4.78, 5) is 53.2. The van der Waals surface area contributed by atoms with Gasteiger partial charge in [0.2, 0.25) is 0 Å². The molecule has 0 heterocycles. The number of hydrogen-bond acceptors (Lipinski definition) is 13. The number of phosphoric acid groups is 2. The second kappa shape index (κ2) is 29.6. The summed E-state index contributed by atoms with van der Waals surface area (Å²) >= 11 is 0. The van der Waals surface area contributed by atoms with Gasteiger partial charge in [0.25, 0.3) is 0 Å². The van der Waals surface area contributed by atoms with Crippen LogP contribution in [0.2, 0.25) is 0 Å². The largest absolute Gasteiger partial charge is 0.472 e. The van der Waals surface area contributed by atoms with E-state index in [0.717, 1.165) is 32.1 Å². The molecule has 57 heavy (non-hydrogen) atoms. The first-order valence-electron chi connectivity index (χ1n) is 18.5. The summed E-state index contributed by atoms with van der Waals surface area (Å²) in [6, 6.07) is 0. The van der Waals surface area contributed by atoms with E-state index in [0.29, 0.717) is 6.42 Å². The molecule has 0 aliphatic heterocycles. The topological polar surface area (TPSA) is 256 Å². The van der Waals surface area contributed by atoms with Gasteiger partial charge in [-0.15, -0.1) is 0 Å². The first kappa shape index (κ1) is 51.4. The standard InChI is InChI=1S/C39H52O16P2/c1-3-5-7-9-11-13-15-16-18-20-22-24-26-28-33(41)53-31(29-51-32(40)27-25-23-21-19-17-14-12-10-8-6-4-2)30-52-57(49,50)55-39-36(44)34(42)38(35(43)37(39)45)54-56(46,47)48/h31,34-39,42-45H,3,5,7,9,11,13,15-16,18,20,22,24,26,28-30H2,1-2H3,(H,49,50)(H2,46,47,48)/t31-,34+,35?,36?,37+,38?,39?/m1/s1. The number of carbonyl (C=O) groups excluding carboxylic acids is 2. The lowest BCUT2D eigenvalue weighted by Crippen LogP contribution is -2.64. The molecule has 1 fully saturated rings. The van der Waals surface area contributed by atoms with E-state index < -0.39 is 83.5 Å². The average molecular weight is 839 g/mol. The van der Waals surface area contributed by atoms with Crippen molar-refractivity contribution in [2.24, 2.45) is 0 Å². The highest BCUT2D eigenvalue weighted by atomic mass is 31.2. The van der Waals surface area contributed by atoms with E-state index >= 15 is 0 Å². The van der Waals surface area contributed by atoms with Crippen molar-refractivity contribution in [1.29, 1.82) is 0 Å². The Kier molecular flexibility index (Phi) is 26.6. The van der Waals surface area contributed by atoms with Crippen LogP contribution in [0.3, 0.4) is 0 Å². The van der Waals surface area contributed by atoms with Gasteiger partial charge >= 0.3 is 27.6 Å². The van der Waals surface area contributed by atoms with Crippen molar-refractivity contribution in [3.05, 3.63) is 0 Å². The predicted molar refractivity (Wildman–Crippen MR) is 205 cm³/mol.